The van der Waals surface area contributed by atoms with E-state index in [1.165, 1.54) is 5.56 Å². The summed E-state index contributed by atoms with van der Waals surface area (Å²) < 4.78 is 11.6. The van der Waals surface area contributed by atoms with Gasteiger partial charge in [-0.05, 0) is 5.56 Å². The number of rotatable bonds is 4. The van der Waals surface area contributed by atoms with Gasteiger partial charge in [-0.15, -0.1) is 0 Å². The molecule has 1 fully saturated rings. The average molecular weight is 250 g/mol. The van der Waals surface area contributed by atoms with Crippen molar-refractivity contribution >= 4 is 0 Å². The van der Waals surface area contributed by atoms with E-state index in [0.717, 1.165) is 6.42 Å². The normalized spacial score (nSPS) is 27.1. The lowest BCUT2D eigenvalue weighted by Gasteiger charge is -2.41. The Balaban J connectivity index is 1.93. The Morgan fingerprint density at radius 3 is 2.72 bits per heavy atom. The summed E-state index contributed by atoms with van der Waals surface area (Å²) in [5, 5.41) is 9.18. The number of benzene rings is 1. The van der Waals surface area contributed by atoms with E-state index < -0.39 is 0 Å². The minimum absolute atomic E-state index is 0.000447. The highest BCUT2D eigenvalue weighted by atomic mass is 16.5. The third-order valence-electron chi connectivity index (χ3n) is 3.54. The van der Waals surface area contributed by atoms with Gasteiger partial charge in [0, 0.05) is 11.8 Å². The van der Waals surface area contributed by atoms with E-state index in [1.807, 2.05) is 18.2 Å². The van der Waals surface area contributed by atoms with Crippen LogP contribution in [0.25, 0.3) is 0 Å². The van der Waals surface area contributed by atoms with Crippen LogP contribution in [0.15, 0.2) is 30.3 Å². The van der Waals surface area contributed by atoms with Crippen LogP contribution >= 0.6 is 0 Å². The van der Waals surface area contributed by atoms with Crippen LogP contribution in [0.2, 0.25) is 0 Å². The predicted molar refractivity (Wildman–Crippen MR) is 70.2 cm³/mol. The van der Waals surface area contributed by atoms with Crippen LogP contribution in [-0.2, 0) is 16.1 Å². The number of ether oxygens (including phenoxy) is 2. The summed E-state index contributed by atoms with van der Waals surface area (Å²) in [4.78, 5) is 0. The van der Waals surface area contributed by atoms with Gasteiger partial charge in [0.2, 0.25) is 0 Å². The van der Waals surface area contributed by atoms with Crippen LogP contribution in [0.1, 0.15) is 25.8 Å². The lowest BCUT2D eigenvalue weighted by atomic mass is 9.82. The first-order valence-electron chi connectivity index (χ1n) is 6.50. The second-order valence-electron chi connectivity index (χ2n) is 5.63. The molecule has 1 heterocycles. The summed E-state index contributed by atoms with van der Waals surface area (Å²) in [6.45, 7) is 5.62. The lowest BCUT2D eigenvalue weighted by Crippen LogP contribution is -2.46. The van der Waals surface area contributed by atoms with Crippen molar-refractivity contribution in [3.05, 3.63) is 35.9 Å². The van der Waals surface area contributed by atoms with Gasteiger partial charge in [-0.1, -0.05) is 44.2 Å². The van der Waals surface area contributed by atoms with Gasteiger partial charge in [-0.2, -0.15) is 0 Å². The molecule has 3 nitrogen and oxygen atoms in total. The molecule has 0 unspecified atom stereocenters. The molecule has 100 valence electrons. The van der Waals surface area contributed by atoms with Crippen molar-refractivity contribution in [3.8, 4) is 0 Å². The largest absolute Gasteiger partial charge is 0.394 e. The number of hydrogen-bond acceptors (Lipinski definition) is 3. The Bertz CT molecular complexity index is 361. The first-order valence-corrected chi connectivity index (χ1v) is 6.50. The molecule has 0 bridgehead atoms. The molecule has 0 spiro atoms. The van der Waals surface area contributed by atoms with E-state index in [9.17, 15) is 5.11 Å². The molecule has 1 aromatic carbocycles. The predicted octanol–water partition coefficient (Wildman–Crippen LogP) is 2.38. The minimum Gasteiger partial charge on any atom is -0.394 e. The van der Waals surface area contributed by atoms with Gasteiger partial charge in [0.25, 0.3) is 0 Å². The maximum atomic E-state index is 9.18. The molecule has 0 radical (unpaired) electrons. The summed E-state index contributed by atoms with van der Waals surface area (Å²) in [5.41, 5.74) is 1.18. The van der Waals surface area contributed by atoms with Gasteiger partial charge < -0.3 is 14.6 Å². The third-order valence-corrected chi connectivity index (χ3v) is 3.54. The van der Waals surface area contributed by atoms with Crippen LogP contribution in [0.4, 0.5) is 0 Å². The molecule has 18 heavy (non-hydrogen) atoms. The molecule has 0 aliphatic carbocycles. The van der Waals surface area contributed by atoms with Crippen molar-refractivity contribution in [3.63, 3.8) is 0 Å². The molecule has 1 aliphatic heterocycles. The van der Waals surface area contributed by atoms with Crippen molar-refractivity contribution in [2.24, 2.45) is 5.41 Å². The average Bonchev–Trinajstić information content (AvgIpc) is 2.38. The zero-order valence-corrected chi connectivity index (χ0v) is 11.1. The van der Waals surface area contributed by atoms with Gasteiger partial charge in [0.15, 0.2) is 0 Å². The standard InChI is InChI=1S/C15H22O3/c1-15(2)11-18-13(9-16)8-14(15)17-10-12-6-4-3-5-7-12/h3-7,13-14,16H,8-11H2,1-2H3/t13-,14-/m1/s1. The minimum atomic E-state index is -0.0844. The van der Waals surface area contributed by atoms with E-state index in [2.05, 4.69) is 26.0 Å². The van der Waals surface area contributed by atoms with Gasteiger partial charge in [-0.3, -0.25) is 0 Å². The fourth-order valence-corrected chi connectivity index (χ4v) is 2.24. The van der Waals surface area contributed by atoms with Crippen LogP contribution in [0.3, 0.4) is 0 Å². The molecule has 2 rings (SSSR count). The molecule has 0 aromatic heterocycles. The summed E-state index contributed by atoms with van der Waals surface area (Å²) >= 11 is 0. The molecular weight excluding hydrogens is 228 g/mol. The second kappa shape index (κ2) is 5.83. The van der Waals surface area contributed by atoms with Gasteiger partial charge in [-0.25, -0.2) is 0 Å². The van der Waals surface area contributed by atoms with Crippen molar-refractivity contribution in [2.75, 3.05) is 13.2 Å². The van der Waals surface area contributed by atoms with Crippen LogP contribution in [0.5, 0.6) is 0 Å². The van der Waals surface area contributed by atoms with Crippen LogP contribution in [-0.4, -0.2) is 30.5 Å². The number of hydrogen-bond donors (Lipinski definition) is 1. The van der Waals surface area contributed by atoms with Crippen molar-refractivity contribution in [1.29, 1.82) is 0 Å². The highest BCUT2D eigenvalue weighted by molar-refractivity contribution is 5.13. The Labute approximate surface area is 109 Å². The van der Waals surface area contributed by atoms with E-state index in [1.54, 1.807) is 0 Å². The number of aliphatic hydroxyl groups excluding tert-OH is 1. The Morgan fingerprint density at radius 1 is 1.33 bits per heavy atom. The molecule has 0 saturated carbocycles. The summed E-state index contributed by atoms with van der Waals surface area (Å²) in [6, 6.07) is 10.2. The molecule has 3 heteroatoms. The van der Waals surface area contributed by atoms with Gasteiger partial charge >= 0.3 is 0 Å². The molecule has 1 N–H and O–H groups in total. The molecule has 1 saturated heterocycles. The Kier molecular flexibility index (Phi) is 4.38. The zero-order valence-electron chi connectivity index (χ0n) is 11.1. The monoisotopic (exact) mass is 250 g/mol. The fraction of sp³-hybridized carbons (Fsp3) is 0.600. The molecule has 0 amide bonds. The second-order valence-corrected chi connectivity index (χ2v) is 5.63. The smallest absolute Gasteiger partial charge is 0.0830 e. The highest BCUT2D eigenvalue weighted by Gasteiger charge is 2.37. The highest BCUT2D eigenvalue weighted by Crippen LogP contribution is 2.33. The van der Waals surface area contributed by atoms with E-state index in [4.69, 9.17) is 9.47 Å². The molecule has 1 aliphatic rings. The lowest BCUT2D eigenvalue weighted by molar-refractivity contribution is -0.158. The quantitative estimate of drug-likeness (QED) is 0.891. The van der Waals surface area contributed by atoms with Crippen molar-refractivity contribution < 1.29 is 14.6 Å². The maximum Gasteiger partial charge on any atom is 0.0830 e. The Morgan fingerprint density at radius 2 is 2.06 bits per heavy atom. The number of aliphatic hydroxyl groups is 1. The van der Waals surface area contributed by atoms with Crippen molar-refractivity contribution in [2.45, 2.75) is 39.1 Å². The van der Waals surface area contributed by atoms with Crippen LogP contribution in [0, 0.1) is 5.41 Å². The summed E-state index contributed by atoms with van der Waals surface area (Å²) in [5.74, 6) is 0. The first kappa shape index (κ1) is 13.5. The van der Waals surface area contributed by atoms with Gasteiger partial charge in [0.05, 0.1) is 32.0 Å². The van der Waals surface area contributed by atoms with E-state index in [0.29, 0.717) is 13.2 Å². The molecule has 2 atom stereocenters. The van der Waals surface area contributed by atoms with Crippen LogP contribution < -0.4 is 0 Å². The molecule has 1 aromatic rings. The maximum absolute atomic E-state index is 9.18. The van der Waals surface area contributed by atoms with Crippen molar-refractivity contribution in [1.82, 2.24) is 0 Å². The first-order chi connectivity index (χ1) is 8.62. The Hall–Kier alpha value is -0.900. The summed E-state index contributed by atoms with van der Waals surface area (Å²) in [7, 11) is 0. The summed E-state index contributed by atoms with van der Waals surface area (Å²) in [6.07, 6.45) is 0.804. The SMILES string of the molecule is CC1(C)CO[C@@H](CO)C[C@H]1OCc1ccccc1. The van der Waals surface area contributed by atoms with Gasteiger partial charge in [0.1, 0.15) is 0 Å². The van der Waals surface area contributed by atoms with E-state index >= 15 is 0 Å². The fourth-order valence-electron chi connectivity index (χ4n) is 2.24. The molecular formula is C15H22O3. The zero-order chi connectivity index (χ0) is 13.0. The van der Waals surface area contributed by atoms with E-state index in [-0.39, 0.29) is 24.2 Å². The topological polar surface area (TPSA) is 38.7 Å². The third kappa shape index (κ3) is 3.31.